The standard InChI is InChI=1S/C15H28/c1-11-4-7-14(8-5-11)15-9-6-12(2)13(3)10-15/h11-15H,4-10H2,1-3H3/t11?,12-,13-,14?,15?/m1/s1. The van der Waals surface area contributed by atoms with Gasteiger partial charge < -0.3 is 0 Å². The second kappa shape index (κ2) is 4.89. The van der Waals surface area contributed by atoms with Gasteiger partial charge in [0.25, 0.3) is 0 Å². The van der Waals surface area contributed by atoms with Gasteiger partial charge in [0.05, 0.1) is 0 Å². The van der Waals surface area contributed by atoms with E-state index in [1.807, 2.05) is 0 Å². The van der Waals surface area contributed by atoms with Crippen LogP contribution in [0.25, 0.3) is 0 Å². The maximum atomic E-state index is 2.47. The smallest absolute Gasteiger partial charge is 0.0383 e. The molecule has 0 heterocycles. The van der Waals surface area contributed by atoms with Crippen molar-refractivity contribution in [2.75, 3.05) is 0 Å². The van der Waals surface area contributed by atoms with E-state index in [2.05, 4.69) is 20.8 Å². The molecular weight excluding hydrogens is 180 g/mol. The minimum absolute atomic E-state index is 0.989. The largest absolute Gasteiger partial charge is 0.0625 e. The highest BCUT2D eigenvalue weighted by Gasteiger charge is 2.31. The average Bonchev–Trinajstić information content (AvgIpc) is 2.23. The Hall–Kier alpha value is 0. The van der Waals surface area contributed by atoms with Crippen molar-refractivity contribution in [3.63, 3.8) is 0 Å². The Kier molecular flexibility index (Phi) is 3.74. The second-order valence-corrected chi connectivity index (χ2v) is 6.55. The lowest BCUT2D eigenvalue weighted by Gasteiger charge is -2.39. The van der Waals surface area contributed by atoms with E-state index in [9.17, 15) is 0 Å². The fraction of sp³-hybridized carbons (Fsp3) is 1.00. The minimum Gasteiger partial charge on any atom is -0.0625 e. The van der Waals surface area contributed by atoms with Gasteiger partial charge in [-0.2, -0.15) is 0 Å². The van der Waals surface area contributed by atoms with Crippen molar-refractivity contribution in [3.05, 3.63) is 0 Å². The predicted octanol–water partition coefficient (Wildman–Crippen LogP) is 4.89. The van der Waals surface area contributed by atoms with Crippen LogP contribution < -0.4 is 0 Å². The molecule has 0 bridgehead atoms. The van der Waals surface area contributed by atoms with Crippen LogP contribution in [-0.2, 0) is 0 Å². The van der Waals surface area contributed by atoms with E-state index in [1.54, 1.807) is 0 Å². The van der Waals surface area contributed by atoms with Crippen LogP contribution in [0.1, 0.15) is 65.7 Å². The van der Waals surface area contributed by atoms with Gasteiger partial charge in [0.15, 0.2) is 0 Å². The summed E-state index contributed by atoms with van der Waals surface area (Å²) < 4.78 is 0. The number of hydrogen-bond acceptors (Lipinski definition) is 0. The van der Waals surface area contributed by atoms with Gasteiger partial charge in [-0.1, -0.05) is 40.0 Å². The number of hydrogen-bond donors (Lipinski definition) is 0. The first-order valence-corrected chi connectivity index (χ1v) is 7.16. The Labute approximate surface area is 95.8 Å². The molecule has 2 fully saturated rings. The Morgan fingerprint density at radius 1 is 0.600 bits per heavy atom. The van der Waals surface area contributed by atoms with Crippen LogP contribution in [0.3, 0.4) is 0 Å². The zero-order chi connectivity index (χ0) is 10.8. The summed E-state index contributed by atoms with van der Waals surface area (Å²) in [6, 6.07) is 0. The minimum atomic E-state index is 0.989. The third-order valence-corrected chi connectivity index (χ3v) is 5.37. The van der Waals surface area contributed by atoms with Gasteiger partial charge in [-0.05, 0) is 55.3 Å². The normalized spacial score (nSPS) is 47.8. The molecule has 0 heteroatoms. The lowest BCUT2D eigenvalue weighted by atomic mass is 9.67. The van der Waals surface area contributed by atoms with Crippen LogP contribution in [0.5, 0.6) is 0 Å². The maximum Gasteiger partial charge on any atom is -0.0383 e. The van der Waals surface area contributed by atoms with Crippen molar-refractivity contribution < 1.29 is 0 Å². The molecule has 2 aliphatic rings. The van der Waals surface area contributed by atoms with Crippen molar-refractivity contribution in [3.8, 4) is 0 Å². The summed E-state index contributed by atoms with van der Waals surface area (Å²) in [7, 11) is 0. The van der Waals surface area contributed by atoms with E-state index in [4.69, 9.17) is 0 Å². The van der Waals surface area contributed by atoms with Crippen molar-refractivity contribution in [2.24, 2.45) is 29.6 Å². The summed E-state index contributed by atoms with van der Waals surface area (Å²) in [6.07, 6.45) is 10.6. The molecule has 0 aliphatic heterocycles. The van der Waals surface area contributed by atoms with Crippen LogP contribution in [0.4, 0.5) is 0 Å². The molecule has 2 aliphatic carbocycles. The van der Waals surface area contributed by atoms with Crippen molar-refractivity contribution >= 4 is 0 Å². The molecule has 2 saturated carbocycles. The predicted molar refractivity (Wildman–Crippen MR) is 66.8 cm³/mol. The first kappa shape index (κ1) is 11.5. The van der Waals surface area contributed by atoms with Gasteiger partial charge in [-0.25, -0.2) is 0 Å². The third-order valence-electron chi connectivity index (χ3n) is 5.37. The zero-order valence-corrected chi connectivity index (χ0v) is 10.8. The highest BCUT2D eigenvalue weighted by molar-refractivity contribution is 4.82. The van der Waals surface area contributed by atoms with E-state index >= 15 is 0 Å². The SMILES string of the molecule is CC1CCC(C2CC[C@@H](C)[C@H](C)C2)CC1. The van der Waals surface area contributed by atoms with Crippen LogP contribution in [0.15, 0.2) is 0 Å². The highest BCUT2D eigenvalue weighted by atomic mass is 14.4. The van der Waals surface area contributed by atoms with Gasteiger partial charge >= 0.3 is 0 Å². The highest BCUT2D eigenvalue weighted by Crippen LogP contribution is 2.43. The first-order valence-electron chi connectivity index (χ1n) is 7.16. The third kappa shape index (κ3) is 2.77. The molecule has 0 amide bonds. The van der Waals surface area contributed by atoms with Crippen LogP contribution in [0.2, 0.25) is 0 Å². The summed E-state index contributed by atoms with van der Waals surface area (Å²) in [5.41, 5.74) is 0. The molecule has 0 spiro atoms. The molecule has 0 aromatic rings. The van der Waals surface area contributed by atoms with Crippen LogP contribution in [0, 0.1) is 29.6 Å². The lowest BCUT2D eigenvalue weighted by Crippen LogP contribution is -2.28. The van der Waals surface area contributed by atoms with Gasteiger partial charge in [0.1, 0.15) is 0 Å². The van der Waals surface area contributed by atoms with E-state index in [-0.39, 0.29) is 0 Å². The van der Waals surface area contributed by atoms with E-state index in [0.29, 0.717) is 0 Å². The maximum absolute atomic E-state index is 2.47. The van der Waals surface area contributed by atoms with E-state index in [0.717, 1.165) is 29.6 Å². The van der Waals surface area contributed by atoms with Crippen LogP contribution in [-0.4, -0.2) is 0 Å². The summed E-state index contributed by atoms with van der Waals surface area (Å²) in [5.74, 6) is 5.17. The molecule has 0 aromatic carbocycles. The second-order valence-electron chi connectivity index (χ2n) is 6.55. The molecular formula is C15H28. The molecule has 0 aromatic heterocycles. The average molecular weight is 208 g/mol. The molecule has 0 nitrogen and oxygen atoms in total. The molecule has 3 atom stereocenters. The Bertz CT molecular complexity index is 188. The molecule has 1 unspecified atom stereocenters. The molecule has 2 rings (SSSR count). The van der Waals surface area contributed by atoms with Gasteiger partial charge in [0, 0.05) is 0 Å². The number of rotatable bonds is 1. The molecule has 88 valence electrons. The summed E-state index contributed by atoms with van der Waals surface area (Å²) in [5, 5.41) is 0. The van der Waals surface area contributed by atoms with Gasteiger partial charge in [-0.3, -0.25) is 0 Å². The summed E-state index contributed by atoms with van der Waals surface area (Å²) >= 11 is 0. The Balaban J connectivity index is 1.84. The molecule has 0 saturated heterocycles. The van der Waals surface area contributed by atoms with Gasteiger partial charge in [0.2, 0.25) is 0 Å². The van der Waals surface area contributed by atoms with Crippen molar-refractivity contribution in [1.82, 2.24) is 0 Å². The quantitative estimate of drug-likeness (QED) is 0.576. The first-order chi connectivity index (χ1) is 7.16. The monoisotopic (exact) mass is 208 g/mol. The zero-order valence-electron chi connectivity index (χ0n) is 10.8. The molecule has 15 heavy (non-hydrogen) atoms. The van der Waals surface area contributed by atoms with E-state index in [1.165, 1.54) is 44.9 Å². The topological polar surface area (TPSA) is 0 Å². The fourth-order valence-corrected chi connectivity index (χ4v) is 3.77. The molecule has 0 N–H and O–H groups in total. The lowest BCUT2D eigenvalue weighted by molar-refractivity contribution is 0.120. The van der Waals surface area contributed by atoms with Crippen LogP contribution >= 0.6 is 0 Å². The fourth-order valence-electron chi connectivity index (χ4n) is 3.77. The summed E-state index contributed by atoms with van der Waals surface area (Å²) in [4.78, 5) is 0. The molecule has 0 radical (unpaired) electrons. The van der Waals surface area contributed by atoms with Crippen molar-refractivity contribution in [1.29, 1.82) is 0 Å². The summed E-state index contributed by atoms with van der Waals surface area (Å²) in [6.45, 7) is 7.36. The van der Waals surface area contributed by atoms with E-state index < -0.39 is 0 Å². The van der Waals surface area contributed by atoms with Crippen molar-refractivity contribution in [2.45, 2.75) is 65.7 Å². The van der Waals surface area contributed by atoms with Gasteiger partial charge in [-0.15, -0.1) is 0 Å². The Morgan fingerprint density at radius 3 is 1.80 bits per heavy atom. The Morgan fingerprint density at radius 2 is 1.20 bits per heavy atom.